The topological polar surface area (TPSA) is 29.5 Å². The molecule has 0 aliphatic rings. The molecule has 0 saturated carbocycles. The van der Waals surface area contributed by atoms with E-state index in [4.69, 9.17) is 9.84 Å². The van der Waals surface area contributed by atoms with Gasteiger partial charge in [-0.15, -0.1) is 0 Å². The number of rotatable bonds is 4. The van der Waals surface area contributed by atoms with Gasteiger partial charge >= 0.3 is 0 Å². The first-order valence-corrected chi connectivity index (χ1v) is 2.94. The minimum absolute atomic E-state index is 0.176. The quantitative estimate of drug-likeness (QED) is 0.553. The second-order valence-electron chi connectivity index (χ2n) is 1.98. The molecule has 0 heterocycles. The molecule has 0 aromatic carbocycles. The zero-order chi connectivity index (χ0) is 6.41. The van der Waals surface area contributed by atoms with Gasteiger partial charge in [0.05, 0.1) is 6.10 Å². The molecule has 0 aliphatic carbocycles. The van der Waals surface area contributed by atoms with E-state index in [0.717, 1.165) is 19.4 Å². The van der Waals surface area contributed by atoms with E-state index in [1.807, 2.05) is 0 Å². The summed E-state index contributed by atoms with van der Waals surface area (Å²) in [5.41, 5.74) is 0. The van der Waals surface area contributed by atoms with Gasteiger partial charge in [0.1, 0.15) is 0 Å². The van der Waals surface area contributed by atoms with Crippen molar-refractivity contribution >= 4 is 0 Å². The van der Waals surface area contributed by atoms with Crippen LogP contribution in [0.15, 0.2) is 0 Å². The van der Waals surface area contributed by atoms with Gasteiger partial charge in [-0.3, -0.25) is 0 Å². The Balaban J connectivity index is 2.72. The highest BCUT2D eigenvalue weighted by atomic mass is 16.5. The fourth-order valence-electron chi connectivity index (χ4n) is 0.523. The summed E-state index contributed by atoms with van der Waals surface area (Å²) in [6.07, 6.45) is 1.62. The lowest BCUT2D eigenvalue weighted by molar-refractivity contribution is 0.147. The Morgan fingerprint density at radius 1 is 1.62 bits per heavy atom. The van der Waals surface area contributed by atoms with Crippen molar-refractivity contribution in [3.05, 3.63) is 0 Å². The molecular formula is C6H14O2. The van der Waals surface area contributed by atoms with Crippen LogP contribution in [0.4, 0.5) is 0 Å². The van der Waals surface area contributed by atoms with Crippen LogP contribution >= 0.6 is 0 Å². The fourth-order valence-corrected chi connectivity index (χ4v) is 0.523. The summed E-state index contributed by atoms with van der Waals surface area (Å²) < 4.78 is 4.78. The molecule has 0 bridgehead atoms. The van der Waals surface area contributed by atoms with Crippen molar-refractivity contribution in [1.82, 2.24) is 0 Å². The molecule has 0 aliphatic heterocycles. The van der Waals surface area contributed by atoms with Crippen molar-refractivity contribution in [2.75, 3.05) is 13.7 Å². The average Bonchev–Trinajstić information content (AvgIpc) is 1.66. The van der Waals surface area contributed by atoms with E-state index in [1.54, 1.807) is 14.0 Å². The highest BCUT2D eigenvalue weighted by molar-refractivity contribution is 4.44. The van der Waals surface area contributed by atoms with Crippen LogP contribution in [0, 0.1) is 0 Å². The van der Waals surface area contributed by atoms with Crippen LogP contribution in [0.2, 0.25) is 0 Å². The number of aliphatic hydroxyl groups excluding tert-OH is 1. The second kappa shape index (κ2) is 5.06. The summed E-state index contributed by atoms with van der Waals surface area (Å²) in [5, 5.41) is 8.72. The van der Waals surface area contributed by atoms with Gasteiger partial charge < -0.3 is 9.84 Å². The minimum Gasteiger partial charge on any atom is -0.393 e. The van der Waals surface area contributed by atoms with Crippen molar-refractivity contribution < 1.29 is 9.84 Å². The Kier molecular flexibility index (Phi) is 5.01. The highest BCUT2D eigenvalue weighted by Crippen LogP contribution is 1.93. The van der Waals surface area contributed by atoms with Gasteiger partial charge in [0, 0.05) is 13.7 Å². The molecule has 0 radical (unpaired) electrons. The van der Waals surface area contributed by atoms with Crippen LogP contribution < -0.4 is 0 Å². The predicted molar refractivity (Wildman–Crippen MR) is 32.8 cm³/mol. The molecule has 0 rings (SSSR count). The van der Waals surface area contributed by atoms with Crippen LogP contribution in [-0.2, 0) is 4.74 Å². The van der Waals surface area contributed by atoms with E-state index in [0.29, 0.717) is 0 Å². The van der Waals surface area contributed by atoms with Gasteiger partial charge in [-0.05, 0) is 19.8 Å². The van der Waals surface area contributed by atoms with Gasteiger partial charge in [-0.2, -0.15) is 0 Å². The fraction of sp³-hybridized carbons (Fsp3) is 1.00. The summed E-state index contributed by atoms with van der Waals surface area (Å²) in [6.45, 7) is 2.54. The van der Waals surface area contributed by atoms with Gasteiger partial charge in [0.2, 0.25) is 0 Å². The Morgan fingerprint density at radius 2 is 2.25 bits per heavy atom. The Morgan fingerprint density at radius 3 is 2.62 bits per heavy atom. The molecule has 0 aromatic rings. The van der Waals surface area contributed by atoms with E-state index in [1.165, 1.54) is 0 Å². The molecule has 0 aromatic heterocycles. The smallest absolute Gasteiger partial charge is 0.0513 e. The minimum atomic E-state index is -0.176. The summed E-state index contributed by atoms with van der Waals surface area (Å²) in [6, 6.07) is 0. The second-order valence-corrected chi connectivity index (χ2v) is 1.98. The maximum absolute atomic E-state index is 8.72. The zero-order valence-corrected chi connectivity index (χ0v) is 5.55. The molecule has 0 amide bonds. The first-order valence-electron chi connectivity index (χ1n) is 2.94. The Hall–Kier alpha value is -0.0800. The number of methoxy groups -OCH3 is 1. The molecule has 1 N–H and O–H groups in total. The molecule has 50 valence electrons. The molecular weight excluding hydrogens is 104 g/mol. The van der Waals surface area contributed by atoms with Crippen LogP contribution in [0.25, 0.3) is 0 Å². The molecule has 0 spiro atoms. The third kappa shape index (κ3) is 5.92. The standard InChI is InChI=1S/C6H14O2/c1-6(7)4-3-5-8-2/h6-7H,3-5H2,1-2H3. The van der Waals surface area contributed by atoms with E-state index in [2.05, 4.69) is 0 Å². The third-order valence-corrected chi connectivity index (χ3v) is 0.970. The van der Waals surface area contributed by atoms with Crippen molar-refractivity contribution in [3.63, 3.8) is 0 Å². The lowest BCUT2D eigenvalue weighted by Crippen LogP contribution is -2.00. The summed E-state index contributed by atoms with van der Waals surface area (Å²) in [7, 11) is 1.67. The van der Waals surface area contributed by atoms with Crippen LogP contribution in [0.1, 0.15) is 19.8 Å². The largest absolute Gasteiger partial charge is 0.393 e. The molecule has 0 saturated heterocycles. The normalized spacial score (nSPS) is 13.9. The van der Waals surface area contributed by atoms with E-state index >= 15 is 0 Å². The van der Waals surface area contributed by atoms with Gasteiger partial charge in [0.15, 0.2) is 0 Å². The molecule has 8 heavy (non-hydrogen) atoms. The first-order chi connectivity index (χ1) is 3.77. The van der Waals surface area contributed by atoms with Crippen molar-refractivity contribution in [2.24, 2.45) is 0 Å². The molecule has 2 nitrogen and oxygen atoms in total. The molecule has 1 atom stereocenters. The lowest BCUT2D eigenvalue weighted by atomic mass is 10.2. The predicted octanol–water partition coefficient (Wildman–Crippen LogP) is 0.794. The van der Waals surface area contributed by atoms with Crippen LogP contribution in [-0.4, -0.2) is 24.9 Å². The maximum atomic E-state index is 8.72. The Labute approximate surface area is 50.5 Å². The Bertz CT molecular complexity index is 43.8. The van der Waals surface area contributed by atoms with Gasteiger partial charge in [-0.1, -0.05) is 0 Å². The summed E-state index contributed by atoms with van der Waals surface area (Å²) in [4.78, 5) is 0. The SMILES string of the molecule is COCCCC(C)O. The molecule has 0 fully saturated rings. The molecule has 1 unspecified atom stereocenters. The number of ether oxygens (including phenoxy) is 1. The number of aliphatic hydroxyl groups is 1. The van der Waals surface area contributed by atoms with E-state index < -0.39 is 0 Å². The van der Waals surface area contributed by atoms with Crippen molar-refractivity contribution in [1.29, 1.82) is 0 Å². The first kappa shape index (κ1) is 7.92. The number of hydrogen-bond acceptors (Lipinski definition) is 2. The maximum Gasteiger partial charge on any atom is 0.0513 e. The van der Waals surface area contributed by atoms with Crippen molar-refractivity contribution in [3.8, 4) is 0 Å². The third-order valence-electron chi connectivity index (χ3n) is 0.970. The average molecular weight is 118 g/mol. The van der Waals surface area contributed by atoms with Gasteiger partial charge in [-0.25, -0.2) is 0 Å². The zero-order valence-electron chi connectivity index (χ0n) is 5.55. The molecule has 2 heteroatoms. The lowest BCUT2D eigenvalue weighted by Gasteiger charge is -2.00. The highest BCUT2D eigenvalue weighted by Gasteiger charge is 1.92. The van der Waals surface area contributed by atoms with Gasteiger partial charge in [0.25, 0.3) is 0 Å². The van der Waals surface area contributed by atoms with E-state index in [9.17, 15) is 0 Å². The van der Waals surface area contributed by atoms with Crippen LogP contribution in [0.5, 0.6) is 0 Å². The van der Waals surface area contributed by atoms with Crippen molar-refractivity contribution in [2.45, 2.75) is 25.9 Å². The summed E-state index contributed by atoms with van der Waals surface area (Å²) in [5.74, 6) is 0. The van der Waals surface area contributed by atoms with E-state index in [-0.39, 0.29) is 6.10 Å². The van der Waals surface area contributed by atoms with Crippen LogP contribution in [0.3, 0.4) is 0 Å². The monoisotopic (exact) mass is 118 g/mol. The number of hydrogen-bond donors (Lipinski definition) is 1. The summed E-state index contributed by atoms with van der Waals surface area (Å²) >= 11 is 0.